The standard InChI is InChI=1S/C13H29N/c1-5-6-7-8-9-10-11-12(14)13(2,3)4/h12H,5-11,14H2,1-4H3. The molecule has 0 aliphatic heterocycles. The molecule has 0 saturated heterocycles. The molecule has 0 aliphatic carbocycles. The molecular formula is C13H29N. The van der Waals surface area contributed by atoms with Gasteiger partial charge in [0.1, 0.15) is 0 Å². The second-order valence-electron chi connectivity index (χ2n) is 5.53. The van der Waals surface area contributed by atoms with Crippen LogP contribution in [0.4, 0.5) is 0 Å². The van der Waals surface area contributed by atoms with Gasteiger partial charge in [0.25, 0.3) is 0 Å². The monoisotopic (exact) mass is 199 g/mol. The Labute approximate surface area is 90.5 Å². The van der Waals surface area contributed by atoms with Gasteiger partial charge >= 0.3 is 0 Å². The molecule has 0 aromatic heterocycles. The van der Waals surface area contributed by atoms with E-state index in [0.29, 0.717) is 6.04 Å². The molecule has 2 N–H and O–H groups in total. The molecule has 0 radical (unpaired) electrons. The minimum absolute atomic E-state index is 0.281. The van der Waals surface area contributed by atoms with E-state index in [4.69, 9.17) is 5.73 Å². The van der Waals surface area contributed by atoms with Gasteiger partial charge in [0, 0.05) is 6.04 Å². The molecule has 86 valence electrons. The third-order valence-corrected chi connectivity index (χ3v) is 2.98. The fourth-order valence-electron chi connectivity index (χ4n) is 1.58. The molecule has 0 saturated carbocycles. The van der Waals surface area contributed by atoms with Gasteiger partial charge in [-0.15, -0.1) is 0 Å². The summed E-state index contributed by atoms with van der Waals surface area (Å²) in [6.07, 6.45) is 9.39. The first-order valence-electron chi connectivity index (χ1n) is 6.24. The van der Waals surface area contributed by atoms with E-state index < -0.39 is 0 Å². The van der Waals surface area contributed by atoms with Gasteiger partial charge < -0.3 is 5.73 Å². The number of hydrogen-bond acceptors (Lipinski definition) is 1. The molecule has 0 aromatic carbocycles. The van der Waals surface area contributed by atoms with E-state index in [0.717, 1.165) is 0 Å². The first kappa shape index (κ1) is 14.0. The van der Waals surface area contributed by atoms with E-state index in [1.165, 1.54) is 44.9 Å². The predicted octanol–water partition coefficient (Wildman–Crippen LogP) is 4.11. The fraction of sp³-hybridized carbons (Fsp3) is 1.00. The molecule has 0 fully saturated rings. The third-order valence-electron chi connectivity index (χ3n) is 2.98. The number of unbranched alkanes of at least 4 members (excludes halogenated alkanes) is 5. The summed E-state index contributed by atoms with van der Waals surface area (Å²) in [5.41, 5.74) is 6.37. The second kappa shape index (κ2) is 7.28. The molecular weight excluding hydrogens is 170 g/mol. The van der Waals surface area contributed by atoms with Crippen LogP contribution in [0.2, 0.25) is 0 Å². The minimum Gasteiger partial charge on any atom is -0.327 e. The number of hydrogen-bond donors (Lipinski definition) is 1. The summed E-state index contributed by atoms with van der Waals surface area (Å²) in [5.74, 6) is 0. The molecule has 1 unspecified atom stereocenters. The van der Waals surface area contributed by atoms with E-state index in [-0.39, 0.29) is 5.41 Å². The van der Waals surface area contributed by atoms with Crippen molar-refractivity contribution in [3.05, 3.63) is 0 Å². The average Bonchev–Trinajstić information content (AvgIpc) is 2.09. The maximum Gasteiger partial charge on any atom is 0.00876 e. The largest absolute Gasteiger partial charge is 0.327 e. The quantitative estimate of drug-likeness (QED) is 0.613. The Morgan fingerprint density at radius 1 is 0.929 bits per heavy atom. The minimum atomic E-state index is 0.281. The SMILES string of the molecule is CCCCCCCCC(N)C(C)(C)C. The van der Waals surface area contributed by atoms with Gasteiger partial charge in [-0.05, 0) is 11.8 Å². The first-order valence-corrected chi connectivity index (χ1v) is 6.24. The summed E-state index contributed by atoms with van der Waals surface area (Å²) in [6, 6.07) is 0.369. The van der Waals surface area contributed by atoms with Crippen molar-refractivity contribution in [2.24, 2.45) is 11.1 Å². The Hall–Kier alpha value is -0.0400. The zero-order chi connectivity index (χ0) is 11.0. The van der Waals surface area contributed by atoms with Crippen LogP contribution in [-0.4, -0.2) is 6.04 Å². The van der Waals surface area contributed by atoms with Crippen molar-refractivity contribution >= 4 is 0 Å². The summed E-state index contributed by atoms with van der Waals surface area (Å²) in [7, 11) is 0. The number of nitrogens with two attached hydrogens (primary N) is 1. The highest BCUT2D eigenvalue weighted by molar-refractivity contribution is 4.76. The van der Waals surface area contributed by atoms with Crippen LogP contribution in [0.15, 0.2) is 0 Å². The zero-order valence-corrected chi connectivity index (χ0v) is 10.6. The van der Waals surface area contributed by atoms with Crippen molar-refractivity contribution in [1.82, 2.24) is 0 Å². The van der Waals surface area contributed by atoms with Gasteiger partial charge in [-0.1, -0.05) is 66.2 Å². The Morgan fingerprint density at radius 3 is 1.93 bits per heavy atom. The van der Waals surface area contributed by atoms with Crippen LogP contribution >= 0.6 is 0 Å². The van der Waals surface area contributed by atoms with Crippen LogP contribution in [0.1, 0.15) is 72.6 Å². The Morgan fingerprint density at radius 2 is 1.43 bits per heavy atom. The molecule has 1 atom stereocenters. The van der Waals surface area contributed by atoms with Crippen molar-refractivity contribution in [3.63, 3.8) is 0 Å². The molecule has 1 nitrogen and oxygen atoms in total. The lowest BCUT2D eigenvalue weighted by Crippen LogP contribution is -2.34. The van der Waals surface area contributed by atoms with Crippen molar-refractivity contribution in [2.45, 2.75) is 78.7 Å². The highest BCUT2D eigenvalue weighted by Gasteiger charge is 2.19. The maximum absolute atomic E-state index is 6.09. The van der Waals surface area contributed by atoms with Crippen LogP contribution in [0, 0.1) is 5.41 Å². The Kier molecular flexibility index (Phi) is 7.26. The summed E-state index contributed by atoms with van der Waals surface area (Å²) >= 11 is 0. The van der Waals surface area contributed by atoms with Crippen LogP contribution in [0.25, 0.3) is 0 Å². The average molecular weight is 199 g/mol. The first-order chi connectivity index (χ1) is 6.48. The van der Waals surface area contributed by atoms with Gasteiger partial charge in [-0.3, -0.25) is 0 Å². The van der Waals surface area contributed by atoms with Crippen LogP contribution < -0.4 is 5.73 Å². The van der Waals surface area contributed by atoms with E-state index in [1.54, 1.807) is 0 Å². The fourth-order valence-corrected chi connectivity index (χ4v) is 1.58. The maximum atomic E-state index is 6.09. The highest BCUT2D eigenvalue weighted by atomic mass is 14.7. The van der Waals surface area contributed by atoms with Crippen molar-refractivity contribution in [1.29, 1.82) is 0 Å². The van der Waals surface area contributed by atoms with Gasteiger partial charge in [0.05, 0.1) is 0 Å². The summed E-state index contributed by atoms with van der Waals surface area (Å²) in [4.78, 5) is 0. The van der Waals surface area contributed by atoms with E-state index in [9.17, 15) is 0 Å². The van der Waals surface area contributed by atoms with Crippen molar-refractivity contribution in [3.8, 4) is 0 Å². The van der Waals surface area contributed by atoms with Crippen molar-refractivity contribution in [2.75, 3.05) is 0 Å². The summed E-state index contributed by atoms with van der Waals surface area (Å²) in [6.45, 7) is 8.95. The lowest BCUT2D eigenvalue weighted by atomic mass is 9.84. The van der Waals surface area contributed by atoms with Crippen molar-refractivity contribution < 1.29 is 0 Å². The molecule has 0 rings (SSSR count). The van der Waals surface area contributed by atoms with Crippen LogP contribution in [-0.2, 0) is 0 Å². The molecule has 14 heavy (non-hydrogen) atoms. The normalized spacial score (nSPS) is 14.4. The molecule has 0 heterocycles. The topological polar surface area (TPSA) is 26.0 Å². The van der Waals surface area contributed by atoms with E-state index >= 15 is 0 Å². The molecule has 0 aromatic rings. The summed E-state index contributed by atoms with van der Waals surface area (Å²) in [5, 5.41) is 0. The lowest BCUT2D eigenvalue weighted by molar-refractivity contribution is 0.298. The van der Waals surface area contributed by atoms with Gasteiger partial charge in [0.15, 0.2) is 0 Å². The molecule has 1 heteroatoms. The number of rotatable bonds is 7. The Bertz CT molecular complexity index is 124. The molecule has 0 spiro atoms. The highest BCUT2D eigenvalue weighted by Crippen LogP contribution is 2.21. The smallest absolute Gasteiger partial charge is 0.00876 e. The van der Waals surface area contributed by atoms with E-state index in [2.05, 4.69) is 27.7 Å². The lowest BCUT2D eigenvalue weighted by Gasteiger charge is -2.26. The molecule has 0 amide bonds. The Balaban J connectivity index is 3.28. The van der Waals surface area contributed by atoms with Gasteiger partial charge in [-0.2, -0.15) is 0 Å². The third kappa shape index (κ3) is 7.37. The summed E-state index contributed by atoms with van der Waals surface area (Å²) < 4.78 is 0. The zero-order valence-electron chi connectivity index (χ0n) is 10.6. The van der Waals surface area contributed by atoms with Gasteiger partial charge in [-0.25, -0.2) is 0 Å². The predicted molar refractivity (Wildman–Crippen MR) is 65.4 cm³/mol. The van der Waals surface area contributed by atoms with Gasteiger partial charge in [0.2, 0.25) is 0 Å². The molecule has 0 aliphatic rings. The van der Waals surface area contributed by atoms with Crippen LogP contribution in [0.5, 0.6) is 0 Å². The molecule has 0 bridgehead atoms. The van der Waals surface area contributed by atoms with E-state index in [1.807, 2.05) is 0 Å². The second-order valence-corrected chi connectivity index (χ2v) is 5.53. The van der Waals surface area contributed by atoms with Crippen LogP contribution in [0.3, 0.4) is 0 Å².